The van der Waals surface area contributed by atoms with E-state index < -0.39 is 0 Å². The molecular formula is C13H23N3O2. The van der Waals surface area contributed by atoms with Crippen molar-refractivity contribution in [1.82, 2.24) is 15.5 Å². The van der Waals surface area contributed by atoms with Crippen LogP contribution in [-0.2, 0) is 9.59 Å². The zero-order valence-corrected chi connectivity index (χ0v) is 11.1. The first kappa shape index (κ1) is 13.3. The fourth-order valence-corrected chi connectivity index (χ4v) is 2.90. The SMILES string of the molecule is CNCCC1CCCCN1C(=O)[C@@H]1CCC(=O)N1. The third-order valence-electron chi connectivity index (χ3n) is 3.93. The van der Waals surface area contributed by atoms with Gasteiger partial charge in [0.1, 0.15) is 6.04 Å². The molecule has 2 N–H and O–H groups in total. The lowest BCUT2D eigenvalue weighted by Crippen LogP contribution is -2.51. The minimum Gasteiger partial charge on any atom is -0.344 e. The topological polar surface area (TPSA) is 61.4 Å². The number of likely N-dealkylation sites (tertiary alicyclic amines) is 1. The number of amides is 2. The summed E-state index contributed by atoms with van der Waals surface area (Å²) >= 11 is 0. The highest BCUT2D eigenvalue weighted by atomic mass is 16.2. The van der Waals surface area contributed by atoms with Crippen LogP contribution in [0.25, 0.3) is 0 Å². The fraction of sp³-hybridized carbons (Fsp3) is 0.846. The van der Waals surface area contributed by atoms with E-state index in [1.165, 1.54) is 6.42 Å². The number of rotatable bonds is 4. The van der Waals surface area contributed by atoms with E-state index in [9.17, 15) is 9.59 Å². The molecule has 2 amide bonds. The molecule has 2 aliphatic heterocycles. The maximum atomic E-state index is 12.4. The Kier molecular flexibility index (Phi) is 4.58. The molecule has 0 aromatic carbocycles. The smallest absolute Gasteiger partial charge is 0.245 e. The molecular weight excluding hydrogens is 230 g/mol. The summed E-state index contributed by atoms with van der Waals surface area (Å²) < 4.78 is 0. The molecule has 2 rings (SSSR count). The average molecular weight is 253 g/mol. The van der Waals surface area contributed by atoms with Gasteiger partial charge in [-0.15, -0.1) is 0 Å². The van der Waals surface area contributed by atoms with E-state index in [0.29, 0.717) is 18.9 Å². The van der Waals surface area contributed by atoms with Gasteiger partial charge in [0.2, 0.25) is 11.8 Å². The summed E-state index contributed by atoms with van der Waals surface area (Å²) in [7, 11) is 1.94. The van der Waals surface area contributed by atoms with Gasteiger partial charge in [0.05, 0.1) is 0 Å². The average Bonchev–Trinajstić information content (AvgIpc) is 2.82. The van der Waals surface area contributed by atoms with Gasteiger partial charge >= 0.3 is 0 Å². The van der Waals surface area contributed by atoms with E-state index >= 15 is 0 Å². The molecule has 2 fully saturated rings. The molecule has 5 heteroatoms. The summed E-state index contributed by atoms with van der Waals surface area (Å²) in [5.74, 6) is 0.138. The maximum Gasteiger partial charge on any atom is 0.245 e. The van der Waals surface area contributed by atoms with Crippen LogP contribution in [-0.4, -0.2) is 48.9 Å². The van der Waals surface area contributed by atoms with Crippen molar-refractivity contribution < 1.29 is 9.59 Å². The van der Waals surface area contributed by atoms with Crippen molar-refractivity contribution in [2.45, 2.75) is 50.6 Å². The van der Waals surface area contributed by atoms with Gasteiger partial charge in [-0.05, 0) is 45.7 Å². The largest absolute Gasteiger partial charge is 0.344 e. The number of nitrogens with one attached hydrogen (secondary N) is 2. The molecule has 0 bridgehead atoms. The highest BCUT2D eigenvalue weighted by Crippen LogP contribution is 2.22. The maximum absolute atomic E-state index is 12.4. The number of hydrogen-bond donors (Lipinski definition) is 2. The van der Waals surface area contributed by atoms with Gasteiger partial charge in [0, 0.05) is 19.0 Å². The van der Waals surface area contributed by atoms with E-state index in [-0.39, 0.29) is 17.9 Å². The van der Waals surface area contributed by atoms with Crippen LogP contribution in [0.4, 0.5) is 0 Å². The molecule has 102 valence electrons. The summed E-state index contributed by atoms with van der Waals surface area (Å²) in [5.41, 5.74) is 0. The minimum atomic E-state index is -0.271. The van der Waals surface area contributed by atoms with Crippen LogP contribution in [0.2, 0.25) is 0 Å². The van der Waals surface area contributed by atoms with Crippen LogP contribution >= 0.6 is 0 Å². The lowest BCUT2D eigenvalue weighted by Gasteiger charge is -2.37. The van der Waals surface area contributed by atoms with Gasteiger partial charge in [0.25, 0.3) is 0 Å². The van der Waals surface area contributed by atoms with Crippen molar-refractivity contribution in [3.8, 4) is 0 Å². The first-order valence-electron chi connectivity index (χ1n) is 6.97. The van der Waals surface area contributed by atoms with Crippen LogP contribution < -0.4 is 10.6 Å². The molecule has 0 spiro atoms. The quantitative estimate of drug-likeness (QED) is 0.755. The number of hydrogen-bond acceptors (Lipinski definition) is 3. The second kappa shape index (κ2) is 6.18. The van der Waals surface area contributed by atoms with Gasteiger partial charge in [-0.3, -0.25) is 9.59 Å². The molecule has 0 aromatic rings. The van der Waals surface area contributed by atoms with Crippen molar-refractivity contribution in [3.63, 3.8) is 0 Å². The van der Waals surface area contributed by atoms with Crippen LogP contribution in [0, 0.1) is 0 Å². The second-order valence-electron chi connectivity index (χ2n) is 5.23. The van der Waals surface area contributed by atoms with Crippen LogP contribution in [0.5, 0.6) is 0 Å². The fourth-order valence-electron chi connectivity index (χ4n) is 2.90. The lowest BCUT2D eigenvalue weighted by atomic mass is 9.98. The van der Waals surface area contributed by atoms with Gasteiger partial charge in [0.15, 0.2) is 0 Å². The van der Waals surface area contributed by atoms with E-state index in [4.69, 9.17) is 0 Å². The van der Waals surface area contributed by atoms with Gasteiger partial charge in [-0.2, -0.15) is 0 Å². The highest BCUT2D eigenvalue weighted by molar-refractivity contribution is 5.91. The van der Waals surface area contributed by atoms with Gasteiger partial charge < -0.3 is 15.5 Å². The second-order valence-corrected chi connectivity index (χ2v) is 5.23. The Morgan fingerprint density at radius 3 is 2.94 bits per heavy atom. The third kappa shape index (κ3) is 3.02. The molecule has 2 heterocycles. The molecule has 0 aromatic heterocycles. The molecule has 18 heavy (non-hydrogen) atoms. The number of nitrogens with zero attached hydrogens (tertiary/aromatic N) is 1. The van der Waals surface area contributed by atoms with E-state index in [1.54, 1.807) is 0 Å². The molecule has 1 unspecified atom stereocenters. The normalized spacial score (nSPS) is 28.3. The summed E-state index contributed by atoms with van der Waals surface area (Å²) in [5, 5.41) is 5.93. The predicted octanol–water partition coefficient (Wildman–Crippen LogP) is 0.256. The van der Waals surface area contributed by atoms with E-state index in [1.807, 2.05) is 11.9 Å². The number of piperidine rings is 1. The first-order chi connectivity index (χ1) is 8.72. The van der Waals surface area contributed by atoms with E-state index in [0.717, 1.165) is 32.4 Å². The molecule has 2 aliphatic rings. The molecule has 0 saturated carbocycles. The Hall–Kier alpha value is -1.10. The number of carbonyl (C=O) groups excluding carboxylic acids is 2. The minimum absolute atomic E-state index is 0.0112. The molecule has 5 nitrogen and oxygen atoms in total. The Bertz CT molecular complexity index is 319. The number of carbonyl (C=O) groups is 2. The highest BCUT2D eigenvalue weighted by Gasteiger charge is 2.34. The predicted molar refractivity (Wildman–Crippen MR) is 69.1 cm³/mol. The van der Waals surface area contributed by atoms with Crippen molar-refractivity contribution in [2.24, 2.45) is 0 Å². The molecule has 2 atom stereocenters. The van der Waals surface area contributed by atoms with Crippen LogP contribution in [0.1, 0.15) is 38.5 Å². The Balaban J connectivity index is 1.94. The summed E-state index contributed by atoms with van der Waals surface area (Å²) in [6.45, 7) is 1.78. The lowest BCUT2D eigenvalue weighted by molar-refractivity contribution is -0.138. The Morgan fingerprint density at radius 1 is 1.44 bits per heavy atom. The molecule has 0 radical (unpaired) electrons. The Labute approximate surface area is 108 Å². The van der Waals surface area contributed by atoms with E-state index in [2.05, 4.69) is 10.6 Å². The van der Waals surface area contributed by atoms with Crippen molar-refractivity contribution >= 4 is 11.8 Å². The van der Waals surface area contributed by atoms with Crippen molar-refractivity contribution in [3.05, 3.63) is 0 Å². The molecule has 0 aliphatic carbocycles. The molecule has 2 saturated heterocycles. The van der Waals surface area contributed by atoms with Crippen LogP contribution in [0.3, 0.4) is 0 Å². The zero-order valence-electron chi connectivity index (χ0n) is 11.1. The summed E-state index contributed by atoms with van der Waals surface area (Å²) in [4.78, 5) is 25.6. The summed E-state index contributed by atoms with van der Waals surface area (Å²) in [6, 6.07) is 0.0730. The van der Waals surface area contributed by atoms with Crippen molar-refractivity contribution in [2.75, 3.05) is 20.1 Å². The first-order valence-corrected chi connectivity index (χ1v) is 6.97. The van der Waals surface area contributed by atoms with Crippen molar-refractivity contribution in [1.29, 1.82) is 0 Å². The van der Waals surface area contributed by atoms with Gasteiger partial charge in [-0.25, -0.2) is 0 Å². The zero-order chi connectivity index (χ0) is 13.0. The van der Waals surface area contributed by atoms with Crippen LogP contribution in [0.15, 0.2) is 0 Å². The van der Waals surface area contributed by atoms with Gasteiger partial charge in [-0.1, -0.05) is 0 Å². The monoisotopic (exact) mass is 253 g/mol. The summed E-state index contributed by atoms with van der Waals surface area (Å²) in [6.07, 6.45) is 5.53. The standard InChI is InChI=1S/C13H23N3O2/c1-14-8-7-10-4-2-3-9-16(10)13(18)11-5-6-12(17)15-11/h10-11,14H,2-9H2,1H3,(H,15,17)/t10?,11-/m0/s1. The Morgan fingerprint density at radius 2 is 2.28 bits per heavy atom. The third-order valence-corrected chi connectivity index (χ3v) is 3.93.